The Bertz CT molecular complexity index is 923. The van der Waals surface area contributed by atoms with Gasteiger partial charge in [-0.1, -0.05) is 16.4 Å². The molecule has 0 saturated heterocycles. The lowest BCUT2D eigenvalue weighted by molar-refractivity contribution is 0.0687. The van der Waals surface area contributed by atoms with Crippen LogP contribution in [0, 0.1) is 19.8 Å². The number of nitrogens with one attached hydrogen (secondary N) is 1. The lowest BCUT2D eigenvalue weighted by Crippen LogP contribution is -2.00. The number of aromatic amines is 1. The molecule has 0 fully saturated rings. The van der Waals surface area contributed by atoms with Crippen LogP contribution >= 0.6 is 0 Å². The summed E-state index contributed by atoms with van der Waals surface area (Å²) >= 11 is 0. The number of hydrogen-bond acceptors (Lipinski definition) is 5. The second kappa shape index (κ2) is 6.07. The first-order valence-corrected chi connectivity index (χ1v) is 7.01. The fourth-order valence-corrected chi connectivity index (χ4v) is 2.27. The first kappa shape index (κ1) is 15.6. The number of aromatic nitrogens is 4. The number of carboxylic acid groups (broad SMARTS) is 1. The van der Waals surface area contributed by atoms with Crippen LogP contribution in [0.4, 0.5) is 4.39 Å². The highest BCUT2D eigenvalue weighted by Gasteiger charge is 2.17. The fraction of sp³-hybridized carbons (Fsp3) is 0.125. The zero-order chi connectivity index (χ0) is 17.3. The van der Waals surface area contributed by atoms with Crippen LogP contribution in [0.25, 0.3) is 11.1 Å². The van der Waals surface area contributed by atoms with Crippen LogP contribution in [0.1, 0.15) is 21.6 Å². The molecule has 0 aliphatic rings. The Morgan fingerprint density at radius 1 is 1.25 bits per heavy atom. The molecule has 2 heterocycles. The first-order valence-electron chi connectivity index (χ1n) is 7.01. The third-order valence-corrected chi connectivity index (χ3v) is 3.47. The molecule has 0 amide bonds. The minimum Gasteiger partial charge on any atom is -0.476 e. The third-order valence-electron chi connectivity index (χ3n) is 3.47. The quantitative estimate of drug-likeness (QED) is 0.714. The van der Waals surface area contributed by atoms with Crippen molar-refractivity contribution in [2.45, 2.75) is 13.8 Å². The highest BCUT2D eigenvalue weighted by atomic mass is 19.1. The van der Waals surface area contributed by atoms with Crippen LogP contribution in [0.5, 0.6) is 11.6 Å². The predicted molar refractivity (Wildman–Crippen MR) is 82.5 cm³/mol. The maximum atomic E-state index is 13.3. The summed E-state index contributed by atoms with van der Waals surface area (Å²) in [6, 6.07) is 6.90. The Balaban J connectivity index is 1.91. The van der Waals surface area contributed by atoms with Gasteiger partial charge in [0.2, 0.25) is 11.6 Å². The largest absolute Gasteiger partial charge is 0.476 e. The van der Waals surface area contributed by atoms with Crippen molar-refractivity contribution in [1.29, 1.82) is 0 Å². The van der Waals surface area contributed by atoms with Crippen molar-refractivity contribution in [3.05, 3.63) is 53.2 Å². The summed E-state index contributed by atoms with van der Waals surface area (Å²) in [6.45, 7) is 3.51. The van der Waals surface area contributed by atoms with E-state index >= 15 is 0 Å². The highest BCUT2D eigenvalue weighted by molar-refractivity contribution is 5.87. The van der Waals surface area contributed by atoms with Gasteiger partial charge in [-0.25, -0.2) is 14.9 Å². The van der Waals surface area contributed by atoms with E-state index in [1.54, 1.807) is 31.2 Å². The van der Waals surface area contributed by atoms with Crippen molar-refractivity contribution < 1.29 is 19.0 Å². The molecule has 122 valence electrons. The van der Waals surface area contributed by atoms with Crippen molar-refractivity contribution in [3.63, 3.8) is 0 Å². The lowest BCUT2D eigenvalue weighted by Gasteiger charge is -2.09. The summed E-state index contributed by atoms with van der Waals surface area (Å²) < 4.78 is 18.8. The summed E-state index contributed by atoms with van der Waals surface area (Å²) in [6.07, 6.45) is 1.46. The average molecular weight is 328 g/mol. The van der Waals surface area contributed by atoms with Crippen LogP contribution < -0.4 is 4.74 Å². The molecular weight excluding hydrogens is 315 g/mol. The molecule has 0 bridgehead atoms. The van der Waals surface area contributed by atoms with Gasteiger partial charge in [-0.3, -0.25) is 0 Å². The molecule has 24 heavy (non-hydrogen) atoms. The van der Waals surface area contributed by atoms with Gasteiger partial charge in [-0.15, -0.1) is 0 Å². The summed E-state index contributed by atoms with van der Waals surface area (Å²) in [5.41, 5.74) is 2.75. The molecule has 8 heteroatoms. The molecule has 0 saturated carbocycles. The van der Waals surface area contributed by atoms with Crippen molar-refractivity contribution in [1.82, 2.24) is 20.4 Å². The van der Waals surface area contributed by atoms with E-state index in [4.69, 9.17) is 9.84 Å². The molecule has 0 aliphatic heterocycles. The van der Waals surface area contributed by atoms with Gasteiger partial charge in [0.05, 0.1) is 0 Å². The zero-order valence-electron chi connectivity index (χ0n) is 12.9. The summed E-state index contributed by atoms with van der Waals surface area (Å²) in [7, 11) is 0. The van der Waals surface area contributed by atoms with Gasteiger partial charge in [0.15, 0.2) is 0 Å². The van der Waals surface area contributed by atoms with Gasteiger partial charge in [0.25, 0.3) is 5.88 Å². The molecule has 0 unspecified atom stereocenters. The van der Waals surface area contributed by atoms with Gasteiger partial charge in [0, 0.05) is 17.3 Å². The van der Waals surface area contributed by atoms with Gasteiger partial charge < -0.3 is 9.84 Å². The summed E-state index contributed by atoms with van der Waals surface area (Å²) in [4.78, 5) is 14.7. The number of rotatable bonds is 4. The van der Waals surface area contributed by atoms with Gasteiger partial charge >= 0.3 is 5.97 Å². The summed E-state index contributed by atoms with van der Waals surface area (Å²) in [5.74, 6) is -1.41. The molecule has 0 atom stereocenters. The number of H-pyrrole nitrogens is 1. The smallest absolute Gasteiger partial charge is 0.359 e. The number of hydrogen-bond donors (Lipinski definition) is 2. The molecule has 2 aromatic heterocycles. The van der Waals surface area contributed by atoms with E-state index in [0.29, 0.717) is 11.3 Å². The van der Waals surface area contributed by atoms with E-state index < -0.39 is 11.9 Å². The van der Waals surface area contributed by atoms with E-state index in [1.165, 1.54) is 6.20 Å². The minimum absolute atomic E-state index is 0.117. The molecule has 0 radical (unpaired) electrons. The SMILES string of the molecule is Cc1cc(Oc2nn[nH]c2C(=O)O)ccc1-c1cnc(F)c(C)c1. The highest BCUT2D eigenvalue weighted by Crippen LogP contribution is 2.29. The number of benzene rings is 1. The topological polar surface area (TPSA) is 101 Å². The van der Waals surface area contributed by atoms with Crippen LogP contribution in [0.2, 0.25) is 0 Å². The molecule has 0 aliphatic carbocycles. The Morgan fingerprint density at radius 2 is 2.04 bits per heavy atom. The van der Waals surface area contributed by atoms with Crippen LogP contribution in [0.3, 0.4) is 0 Å². The molecule has 2 N–H and O–H groups in total. The normalized spacial score (nSPS) is 10.6. The maximum Gasteiger partial charge on any atom is 0.359 e. The Morgan fingerprint density at radius 3 is 2.71 bits per heavy atom. The zero-order valence-corrected chi connectivity index (χ0v) is 12.9. The Labute approximate surface area is 136 Å². The van der Waals surface area contributed by atoms with E-state index in [0.717, 1.165) is 16.7 Å². The number of carboxylic acids is 1. The number of halogens is 1. The van der Waals surface area contributed by atoms with E-state index in [2.05, 4.69) is 20.4 Å². The van der Waals surface area contributed by atoms with Gasteiger partial charge in [-0.2, -0.15) is 4.39 Å². The average Bonchev–Trinajstić information content (AvgIpc) is 2.99. The number of nitrogens with zero attached hydrogens (tertiary/aromatic N) is 3. The maximum absolute atomic E-state index is 13.3. The summed E-state index contributed by atoms with van der Waals surface area (Å²) in [5, 5.41) is 18.3. The van der Waals surface area contributed by atoms with Gasteiger partial charge in [-0.05, 0) is 43.2 Å². The lowest BCUT2D eigenvalue weighted by atomic mass is 10.0. The third kappa shape index (κ3) is 2.94. The molecule has 1 aromatic carbocycles. The first-order chi connectivity index (χ1) is 11.5. The standard InChI is InChI=1S/C16H13FN4O3/c1-8-6-11(24-15-13(16(22)23)19-21-20-15)3-4-12(8)10-5-9(2)14(17)18-7-10/h3-7H,1-2H3,(H,22,23)(H,19,20,21). The number of pyridine rings is 1. The Hall–Kier alpha value is -3.29. The minimum atomic E-state index is -1.21. The predicted octanol–water partition coefficient (Wildman–Crippen LogP) is 3.11. The van der Waals surface area contributed by atoms with Crippen LogP contribution in [-0.4, -0.2) is 31.5 Å². The molecule has 3 aromatic rings. The number of aryl methyl sites for hydroxylation is 2. The Kier molecular flexibility index (Phi) is 3.95. The molecule has 7 nitrogen and oxygen atoms in total. The fourth-order valence-electron chi connectivity index (χ4n) is 2.27. The van der Waals surface area contributed by atoms with E-state index in [1.807, 2.05) is 6.92 Å². The molecule has 3 rings (SSSR count). The number of ether oxygens (including phenoxy) is 1. The van der Waals surface area contributed by atoms with E-state index in [-0.39, 0.29) is 11.6 Å². The van der Waals surface area contributed by atoms with Crippen molar-refractivity contribution in [2.24, 2.45) is 0 Å². The van der Waals surface area contributed by atoms with E-state index in [9.17, 15) is 9.18 Å². The van der Waals surface area contributed by atoms with Crippen LogP contribution in [0.15, 0.2) is 30.5 Å². The number of aromatic carboxylic acids is 1. The van der Waals surface area contributed by atoms with Crippen molar-refractivity contribution in [3.8, 4) is 22.8 Å². The van der Waals surface area contributed by atoms with Crippen LogP contribution in [-0.2, 0) is 0 Å². The van der Waals surface area contributed by atoms with Gasteiger partial charge in [0.1, 0.15) is 5.75 Å². The second-order valence-electron chi connectivity index (χ2n) is 5.21. The molecular formula is C16H13FN4O3. The van der Waals surface area contributed by atoms with Crippen molar-refractivity contribution >= 4 is 5.97 Å². The second-order valence-corrected chi connectivity index (χ2v) is 5.21. The monoisotopic (exact) mass is 328 g/mol. The van der Waals surface area contributed by atoms with Crippen molar-refractivity contribution in [2.75, 3.05) is 0 Å². The number of carbonyl (C=O) groups is 1. The molecule has 0 spiro atoms.